The third-order valence-corrected chi connectivity index (χ3v) is 8.22. The van der Waals surface area contributed by atoms with Gasteiger partial charge in [0.1, 0.15) is 0 Å². The van der Waals surface area contributed by atoms with Crippen molar-refractivity contribution in [1.29, 1.82) is 0 Å². The molecule has 7 heteroatoms. The first-order chi connectivity index (χ1) is 10.9. The molecule has 0 unspecified atom stereocenters. The highest BCUT2D eigenvalue weighted by molar-refractivity contribution is 7.99. The van der Waals surface area contributed by atoms with Crippen LogP contribution in [0.5, 0.6) is 0 Å². The highest BCUT2D eigenvalue weighted by Gasteiger charge is 2.17. The summed E-state index contributed by atoms with van der Waals surface area (Å²) in [5.41, 5.74) is 3.41. The van der Waals surface area contributed by atoms with Crippen LogP contribution in [0.1, 0.15) is 16.8 Å². The summed E-state index contributed by atoms with van der Waals surface area (Å²) in [4.78, 5) is 7.22. The molecule has 2 aromatic heterocycles. The van der Waals surface area contributed by atoms with Crippen LogP contribution in [0.15, 0.2) is 31.0 Å². The summed E-state index contributed by atoms with van der Waals surface area (Å²) in [5.74, 6) is 0. The Morgan fingerprint density at radius 2 is 1.65 bits per heavy atom. The van der Waals surface area contributed by atoms with E-state index in [9.17, 15) is 0 Å². The summed E-state index contributed by atoms with van der Waals surface area (Å²) in [6, 6.07) is 2.17. The number of nitrogens with zero attached hydrogens (tertiary/aromatic N) is 2. The number of hydrogen-bond donors (Lipinski definition) is 1. The minimum Gasteiger partial charge on any atom is -0.348 e. The van der Waals surface area contributed by atoms with Gasteiger partial charge in [-0.2, -0.15) is 0 Å². The van der Waals surface area contributed by atoms with Crippen LogP contribution in [0.3, 0.4) is 0 Å². The Morgan fingerprint density at radius 1 is 1.09 bits per heavy atom. The van der Waals surface area contributed by atoms with E-state index in [0.29, 0.717) is 0 Å². The van der Waals surface area contributed by atoms with Crippen molar-refractivity contribution in [2.45, 2.75) is 13.0 Å². The fraction of sp³-hybridized carbons (Fsp3) is 0.375. The molecule has 0 aliphatic rings. The maximum atomic E-state index is 5.64. The van der Waals surface area contributed by atoms with Crippen molar-refractivity contribution in [1.82, 2.24) is 9.97 Å². The molecule has 0 aliphatic carbocycles. The molecule has 0 aromatic carbocycles. The van der Waals surface area contributed by atoms with E-state index < -0.39 is 0 Å². The van der Waals surface area contributed by atoms with E-state index in [1.165, 1.54) is 0 Å². The summed E-state index contributed by atoms with van der Waals surface area (Å²) in [5, 5.41) is 0. The van der Waals surface area contributed by atoms with Crippen molar-refractivity contribution in [3.8, 4) is 0 Å². The number of rotatable bonds is 7. The summed E-state index contributed by atoms with van der Waals surface area (Å²) >= 11 is 11.3. The normalized spacial score (nSPS) is 11.2. The molecule has 23 heavy (non-hydrogen) atoms. The third-order valence-electron chi connectivity index (χ3n) is 3.42. The van der Waals surface area contributed by atoms with Crippen LogP contribution in [-0.4, -0.2) is 45.8 Å². The van der Waals surface area contributed by atoms with Gasteiger partial charge in [0.2, 0.25) is 0 Å². The molecule has 2 aromatic rings. The van der Waals surface area contributed by atoms with Crippen LogP contribution < -0.4 is 4.57 Å². The van der Waals surface area contributed by atoms with E-state index in [1.807, 2.05) is 6.20 Å². The lowest BCUT2D eigenvalue weighted by atomic mass is 10.2. The van der Waals surface area contributed by atoms with Crippen LogP contribution in [0.2, 0.25) is 0 Å². The molecule has 1 N–H and O–H groups in total. The lowest BCUT2D eigenvalue weighted by Crippen LogP contribution is -2.36. The Bertz CT molecular complexity index is 659. The number of nitrogens with one attached hydrogen (secondary N) is 1. The molecule has 0 atom stereocenters. The molecule has 0 fully saturated rings. The van der Waals surface area contributed by atoms with Gasteiger partial charge in [0, 0.05) is 18.3 Å². The topological polar surface area (TPSA) is 32.6 Å². The second kappa shape index (κ2) is 8.48. The predicted octanol–water partition coefficient (Wildman–Crippen LogP) is 3.77. The maximum absolute atomic E-state index is 5.64. The van der Waals surface area contributed by atoms with Gasteiger partial charge < -0.3 is 4.98 Å². The number of hydrogen-bond acceptors (Lipinski definition) is 3. The second-order valence-electron chi connectivity index (χ2n) is 5.78. The largest absolute Gasteiger partial charge is 0.348 e. The summed E-state index contributed by atoms with van der Waals surface area (Å²) in [7, 11) is -0.558. The lowest BCUT2D eigenvalue weighted by Gasteiger charge is -2.11. The zero-order valence-electron chi connectivity index (χ0n) is 13.9. The minimum atomic E-state index is -0.279. The number of aromatic amines is 1. The van der Waals surface area contributed by atoms with E-state index in [4.69, 9.17) is 24.4 Å². The molecule has 0 spiro atoms. The summed E-state index contributed by atoms with van der Waals surface area (Å²) in [6.45, 7) is 9.67. The number of pyridine rings is 1. The van der Waals surface area contributed by atoms with Gasteiger partial charge in [0.05, 0.1) is 26.7 Å². The summed E-state index contributed by atoms with van der Waals surface area (Å²) < 4.78 is 4.31. The van der Waals surface area contributed by atoms with E-state index in [1.54, 1.807) is 6.33 Å². The molecule has 0 amide bonds. The molecule has 0 aliphatic heterocycles. The SMILES string of the molecule is CP(C)C(=S)c1cc(C(=S)P(C)C)c[n+](CCc2cnc[nH]2)c1. The average molecular weight is 382 g/mol. The molecular formula is C16H22N3P2S2+. The van der Waals surface area contributed by atoms with E-state index in [2.05, 4.69) is 59.7 Å². The molecule has 2 heterocycles. The van der Waals surface area contributed by atoms with E-state index in [0.717, 1.165) is 39.0 Å². The first-order valence-electron chi connectivity index (χ1n) is 7.33. The fourth-order valence-electron chi connectivity index (χ4n) is 2.19. The van der Waals surface area contributed by atoms with Crippen molar-refractivity contribution in [2.75, 3.05) is 26.7 Å². The standard InChI is InChI=1S/C16H22N3P2S2/c1-20(2)15(22)12-7-13(16(23)21(3)4)10-19(9-12)6-5-14-8-17-11-18-14/h7-11H,5-6H2,1-4H3,(H,17,18)/q+1. The smallest absolute Gasteiger partial charge is 0.177 e. The fourth-order valence-corrected chi connectivity index (χ4v) is 3.69. The minimum absolute atomic E-state index is 0.279. The van der Waals surface area contributed by atoms with Gasteiger partial charge in [-0.3, -0.25) is 0 Å². The van der Waals surface area contributed by atoms with Crippen LogP contribution in [0.25, 0.3) is 0 Å². The van der Waals surface area contributed by atoms with E-state index in [-0.39, 0.29) is 15.8 Å². The Hall–Kier alpha value is -0.600. The maximum Gasteiger partial charge on any atom is 0.177 e. The average Bonchev–Trinajstić information content (AvgIpc) is 3.04. The van der Waals surface area contributed by atoms with Crippen LogP contribution in [0, 0.1) is 0 Å². The van der Waals surface area contributed by atoms with Crippen LogP contribution >= 0.6 is 40.3 Å². The van der Waals surface area contributed by atoms with Crippen molar-refractivity contribution < 1.29 is 4.57 Å². The highest BCUT2D eigenvalue weighted by Crippen LogP contribution is 2.34. The number of H-pyrrole nitrogens is 1. The van der Waals surface area contributed by atoms with Crippen molar-refractivity contribution in [3.05, 3.63) is 47.8 Å². The Morgan fingerprint density at radius 3 is 2.09 bits per heavy atom. The monoisotopic (exact) mass is 382 g/mol. The first kappa shape index (κ1) is 18.7. The number of imidazole rings is 1. The van der Waals surface area contributed by atoms with Crippen LogP contribution in [-0.2, 0) is 13.0 Å². The molecule has 0 saturated heterocycles. The molecule has 3 nitrogen and oxygen atoms in total. The highest BCUT2D eigenvalue weighted by atomic mass is 32.1. The third kappa shape index (κ3) is 5.19. The Balaban J connectivity index is 2.32. The Kier molecular flexibility index (Phi) is 6.91. The number of thiocarbonyl (C=S) groups is 2. The molecule has 0 saturated carbocycles. The zero-order chi connectivity index (χ0) is 17.0. The quantitative estimate of drug-likeness (QED) is 0.449. The predicted molar refractivity (Wildman–Crippen MR) is 110 cm³/mol. The van der Waals surface area contributed by atoms with Gasteiger partial charge >= 0.3 is 0 Å². The van der Waals surface area contributed by atoms with E-state index >= 15 is 0 Å². The van der Waals surface area contributed by atoms with Crippen molar-refractivity contribution >= 4 is 49.5 Å². The van der Waals surface area contributed by atoms with Gasteiger partial charge in [-0.15, -0.1) is 0 Å². The van der Waals surface area contributed by atoms with Gasteiger partial charge in [0.25, 0.3) is 0 Å². The first-order valence-corrected chi connectivity index (χ1v) is 12.6. The van der Waals surface area contributed by atoms with Gasteiger partial charge in [-0.05, 0) is 32.7 Å². The molecule has 122 valence electrons. The second-order valence-corrected chi connectivity index (χ2v) is 11.7. The molecule has 0 radical (unpaired) electrons. The molecular weight excluding hydrogens is 360 g/mol. The van der Waals surface area contributed by atoms with Gasteiger partial charge in [-0.1, -0.05) is 40.3 Å². The van der Waals surface area contributed by atoms with Gasteiger partial charge in [-0.25, -0.2) is 9.55 Å². The molecule has 2 rings (SSSR count). The number of aryl methyl sites for hydroxylation is 2. The summed E-state index contributed by atoms with van der Waals surface area (Å²) in [6.07, 6.45) is 8.80. The van der Waals surface area contributed by atoms with Crippen LogP contribution in [0.4, 0.5) is 0 Å². The van der Waals surface area contributed by atoms with Crippen molar-refractivity contribution in [3.63, 3.8) is 0 Å². The Labute approximate surface area is 151 Å². The van der Waals surface area contributed by atoms with Crippen molar-refractivity contribution in [2.24, 2.45) is 0 Å². The zero-order valence-corrected chi connectivity index (χ0v) is 17.3. The lowest BCUT2D eigenvalue weighted by molar-refractivity contribution is -0.696. The van der Waals surface area contributed by atoms with Gasteiger partial charge in [0.15, 0.2) is 18.9 Å². The number of aromatic nitrogens is 3. The molecule has 0 bridgehead atoms.